The fourth-order valence-electron chi connectivity index (χ4n) is 1.78. The van der Waals surface area contributed by atoms with Crippen molar-refractivity contribution in [2.75, 3.05) is 21.3 Å². The van der Waals surface area contributed by atoms with Crippen LogP contribution in [0.2, 0.25) is 0 Å². The van der Waals surface area contributed by atoms with Gasteiger partial charge in [-0.15, -0.1) is 12.3 Å². The molecule has 0 fully saturated rings. The van der Waals surface area contributed by atoms with E-state index in [-0.39, 0.29) is 6.04 Å². The minimum atomic E-state index is -0.204. The summed E-state index contributed by atoms with van der Waals surface area (Å²) in [5.41, 5.74) is 3.49. The van der Waals surface area contributed by atoms with Crippen molar-refractivity contribution in [3.05, 3.63) is 17.7 Å². The molecule has 0 spiro atoms. The summed E-state index contributed by atoms with van der Waals surface area (Å²) in [5.74, 6) is 9.75. The van der Waals surface area contributed by atoms with Gasteiger partial charge in [0.25, 0.3) is 0 Å². The number of methoxy groups -OCH3 is 3. The number of nitrogens with two attached hydrogens (primary N) is 1. The lowest BCUT2D eigenvalue weighted by Crippen LogP contribution is -2.28. The fourth-order valence-corrected chi connectivity index (χ4v) is 1.78. The zero-order valence-corrected chi connectivity index (χ0v) is 10.8. The first-order chi connectivity index (χ1) is 8.73. The Morgan fingerprint density at radius 2 is 1.89 bits per heavy atom. The molecule has 0 heterocycles. The lowest BCUT2D eigenvalue weighted by Gasteiger charge is -2.20. The summed E-state index contributed by atoms with van der Waals surface area (Å²) in [4.78, 5) is 0. The highest BCUT2D eigenvalue weighted by Gasteiger charge is 2.20. The van der Waals surface area contributed by atoms with Crippen molar-refractivity contribution in [2.45, 2.75) is 12.5 Å². The predicted octanol–water partition coefficient (Wildman–Crippen LogP) is 1.24. The Hall–Kier alpha value is -1.90. The summed E-state index contributed by atoms with van der Waals surface area (Å²) in [6, 6.07) is 3.43. The van der Waals surface area contributed by atoms with Crippen molar-refractivity contribution < 1.29 is 14.2 Å². The van der Waals surface area contributed by atoms with E-state index in [0.29, 0.717) is 23.7 Å². The topological polar surface area (TPSA) is 65.7 Å². The number of hydrogen-bond acceptors (Lipinski definition) is 5. The van der Waals surface area contributed by atoms with E-state index < -0.39 is 0 Å². The smallest absolute Gasteiger partial charge is 0.203 e. The molecule has 1 atom stereocenters. The predicted molar refractivity (Wildman–Crippen MR) is 69.6 cm³/mol. The highest BCUT2D eigenvalue weighted by Crippen LogP contribution is 2.42. The Morgan fingerprint density at radius 1 is 1.22 bits per heavy atom. The van der Waals surface area contributed by atoms with E-state index in [1.165, 1.54) is 0 Å². The molecular weight excluding hydrogens is 232 g/mol. The fraction of sp³-hybridized carbons (Fsp3) is 0.385. The second-order valence-electron chi connectivity index (χ2n) is 3.55. The van der Waals surface area contributed by atoms with Gasteiger partial charge in [0.2, 0.25) is 5.75 Å². The first-order valence-electron chi connectivity index (χ1n) is 5.41. The molecule has 0 saturated carbocycles. The van der Waals surface area contributed by atoms with E-state index in [9.17, 15) is 0 Å². The summed E-state index contributed by atoms with van der Waals surface area (Å²) in [5, 5.41) is 0. The van der Waals surface area contributed by atoms with Crippen molar-refractivity contribution in [1.29, 1.82) is 0 Å². The van der Waals surface area contributed by atoms with Gasteiger partial charge in [0.05, 0.1) is 27.4 Å². The molecule has 18 heavy (non-hydrogen) atoms. The molecule has 0 amide bonds. The molecule has 1 aromatic carbocycles. The van der Waals surface area contributed by atoms with Crippen LogP contribution in [0.15, 0.2) is 12.1 Å². The van der Waals surface area contributed by atoms with Crippen LogP contribution in [0, 0.1) is 12.3 Å². The van der Waals surface area contributed by atoms with E-state index in [1.54, 1.807) is 27.4 Å². The van der Waals surface area contributed by atoms with Crippen LogP contribution in [0.1, 0.15) is 18.0 Å². The third-order valence-electron chi connectivity index (χ3n) is 2.63. The van der Waals surface area contributed by atoms with Gasteiger partial charge in [-0.05, 0) is 12.1 Å². The molecule has 5 nitrogen and oxygen atoms in total. The third kappa shape index (κ3) is 2.67. The SMILES string of the molecule is C#CCC(NN)c1ccc(OC)c(OC)c1OC. The number of ether oxygens (including phenoxy) is 3. The molecular formula is C13H18N2O3. The Morgan fingerprint density at radius 3 is 2.33 bits per heavy atom. The largest absolute Gasteiger partial charge is 0.493 e. The summed E-state index contributed by atoms with van der Waals surface area (Å²) in [7, 11) is 4.68. The number of nitrogens with one attached hydrogen (secondary N) is 1. The Balaban J connectivity index is 3.32. The van der Waals surface area contributed by atoms with Crippen LogP contribution in [0.4, 0.5) is 0 Å². The van der Waals surface area contributed by atoms with Gasteiger partial charge in [0.1, 0.15) is 0 Å². The summed E-state index contributed by atoms with van der Waals surface area (Å²) in [6.45, 7) is 0. The maximum atomic E-state index is 5.50. The lowest BCUT2D eigenvalue weighted by atomic mass is 10.0. The molecule has 1 aromatic rings. The average Bonchev–Trinajstić information content (AvgIpc) is 2.42. The van der Waals surface area contributed by atoms with Gasteiger partial charge in [-0.2, -0.15) is 0 Å². The highest BCUT2D eigenvalue weighted by atomic mass is 16.5. The van der Waals surface area contributed by atoms with Crippen LogP contribution in [0.5, 0.6) is 17.2 Å². The van der Waals surface area contributed by atoms with E-state index in [1.807, 2.05) is 6.07 Å². The van der Waals surface area contributed by atoms with Crippen LogP contribution in [0.3, 0.4) is 0 Å². The molecule has 3 N–H and O–H groups in total. The number of rotatable bonds is 6. The summed E-state index contributed by atoms with van der Waals surface area (Å²) < 4.78 is 15.9. The molecule has 0 radical (unpaired) electrons. The van der Waals surface area contributed by atoms with Gasteiger partial charge in [-0.1, -0.05) is 0 Å². The van der Waals surface area contributed by atoms with Crippen LogP contribution in [-0.4, -0.2) is 21.3 Å². The molecule has 5 heteroatoms. The first kappa shape index (κ1) is 14.2. The summed E-state index contributed by atoms with van der Waals surface area (Å²) >= 11 is 0. The second kappa shape index (κ2) is 6.74. The van der Waals surface area contributed by atoms with E-state index in [0.717, 1.165) is 5.56 Å². The first-order valence-corrected chi connectivity index (χ1v) is 5.41. The van der Waals surface area contributed by atoms with E-state index in [4.69, 9.17) is 26.5 Å². The zero-order chi connectivity index (χ0) is 13.5. The molecule has 1 unspecified atom stereocenters. The quantitative estimate of drug-likeness (QED) is 0.452. The van der Waals surface area contributed by atoms with Gasteiger partial charge < -0.3 is 14.2 Å². The van der Waals surface area contributed by atoms with Crippen LogP contribution in [0.25, 0.3) is 0 Å². The molecule has 0 aliphatic heterocycles. The zero-order valence-electron chi connectivity index (χ0n) is 10.8. The normalized spacial score (nSPS) is 11.5. The Bertz CT molecular complexity index is 441. The monoisotopic (exact) mass is 250 g/mol. The van der Waals surface area contributed by atoms with Gasteiger partial charge in [0.15, 0.2) is 11.5 Å². The van der Waals surface area contributed by atoms with Crippen molar-refractivity contribution in [2.24, 2.45) is 5.84 Å². The maximum Gasteiger partial charge on any atom is 0.203 e. The maximum absolute atomic E-state index is 5.50. The molecule has 1 rings (SSSR count). The summed E-state index contributed by atoms with van der Waals surface area (Å²) in [6.07, 6.45) is 5.76. The molecule has 0 bridgehead atoms. The number of hydrazine groups is 1. The van der Waals surface area contributed by atoms with Crippen LogP contribution in [-0.2, 0) is 0 Å². The molecule has 0 aliphatic rings. The van der Waals surface area contributed by atoms with Gasteiger partial charge in [-0.25, -0.2) is 0 Å². The minimum absolute atomic E-state index is 0.204. The molecule has 0 aliphatic carbocycles. The van der Waals surface area contributed by atoms with E-state index >= 15 is 0 Å². The van der Waals surface area contributed by atoms with Gasteiger partial charge in [-0.3, -0.25) is 11.3 Å². The van der Waals surface area contributed by atoms with Crippen LogP contribution >= 0.6 is 0 Å². The van der Waals surface area contributed by atoms with Gasteiger partial charge in [0, 0.05) is 12.0 Å². The van der Waals surface area contributed by atoms with Crippen molar-refractivity contribution >= 4 is 0 Å². The van der Waals surface area contributed by atoms with Gasteiger partial charge >= 0.3 is 0 Å². The molecule has 98 valence electrons. The number of terminal acetylenes is 1. The van der Waals surface area contributed by atoms with Crippen LogP contribution < -0.4 is 25.5 Å². The van der Waals surface area contributed by atoms with Crippen molar-refractivity contribution in [3.8, 4) is 29.6 Å². The van der Waals surface area contributed by atoms with E-state index in [2.05, 4.69) is 11.3 Å². The minimum Gasteiger partial charge on any atom is -0.493 e. The van der Waals surface area contributed by atoms with Crippen molar-refractivity contribution in [1.82, 2.24) is 5.43 Å². The number of benzene rings is 1. The highest BCUT2D eigenvalue weighted by molar-refractivity contribution is 5.56. The third-order valence-corrected chi connectivity index (χ3v) is 2.63. The lowest BCUT2D eigenvalue weighted by molar-refractivity contribution is 0.319. The second-order valence-corrected chi connectivity index (χ2v) is 3.55. The Labute approximate surface area is 107 Å². The Kier molecular flexibility index (Phi) is 5.31. The standard InChI is InChI=1S/C13H18N2O3/c1-5-6-10(15-14)9-7-8-11(16-2)13(18-4)12(9)17-3/h1,7-8,10,15H,6,14H2,2-4H3. The molecule has 0 saturated heterocycles. The molecule has 0 aromatic heterocycles. The average molecular weight is 250 g/mol. The van der Waals surface area contributed by atoms with Crippen molar-refractivity contribution in [3.63, 3.8) is 0 Å². The number of hydrogen-bond donors (Lipinski definition) is 2.